The van der Waals surface area contributed by atoms with E-state index in [9.17, 15) is 9.59 Å². The SMILES string of the molecule is CN(C(=O)c1ccc2cc(OCCC3CO3)ccc2c1)c1ccc(OC(=O)c2ccc3cc(OCCC4CO4)ccc3c2)cc1. The second-order valence-electron chi connectivity index (χ2n) is 11.4. The summed E-state index contributed by atoms with van der Waals surface area (Å²) in [6, 6.07) is 29.6. The summed E-state index contributed by atoms with van der Waals surface area (Å²) >= 11 is 0. The van der Waals surface area contributed by atoms with E-state index in [0.717, 1.165) is 59.1 Å². The number of anilines is 1. The van der Waals surface area contributed by atoms with E-state index in [1.807, 2.05) is 66.7 Å². The molecule has 2 heterocycles. The molecule has 0 aromatic heterocycles. The van der Waals surface area contributed by atoms with Crippen LogP contribution >= 0.6 is 0 Å². The van der Waals surface area contributed by atoms with Crippen molar-refractivity contribution < 1.29 is 33.3 Å². The largest absolute Gasteiger partial charge is 0.493 e. The van der Waals surface area contributed by atoms with E-state index >= 15 is 0 Å². The quantitative estimate of drug-likeness (QED) is 0.0878. The van der Waals surface area contributed by atoms with Gasteiger partial charge in [0.2, 0.25) is 0 Å². The van der Waals surface area contributed by atoms with Crippen LogP contribution < -0.4 is 19.1 Å². The van der Waals surface area contributed by atoms with Crippen molar-refractivity contribution in [3.05, 3.63) is 108 Å². The van der Waals surface area contributed by atoms with Crippen molar-refractivity contribution >= 4 is 39.1 Å². The molecule has 0 bridgehead atoms. The molecule has 45 heavy (non-hydrogen) atoms. The van der Waals surface area contributed by atoms with E-state index in [2.05, 4.69) is 0 Å². The maximum atomic E-state index is 13.3. The van der Waals surface area contributed by atoms with Gasteiger partial charge in [-0.15, -0.1) is 0 Å². The van der Waals surface area contributed by atoms with Crippen LogP contribution in [0.25, 0.3) is 21.5 Å². The van der Waals surface area contributed by atoms with Crippen molar-refractivity contribution in [1.82, 2.24) is 0 Å². The maximum Gasteiger partial charge on any atom is 0.343 e. The molecule has 2 atom stereocenters. The average molecular weight is 604 g/mol. The van der Waals surface area contributed by atoms with Gasteiger partial charge in [0, 0.05) is 31.1 Å². The molecule has 2 unspecified atom stereocenters. The summed E-state index contributed by atoms with van der Waals surface area (Å²) < 4.78 is 27.7. The number of ether oxygens (including phenoxy) is 5. The number of nitrogens with zero attached hydrogens (tertiary/aromatic N) is 1. The molecular formula is C37H33NO7. The molecule has 0 radical (unpaired) electrons. The van der Waals surface area contributed by atoms with Gasteiger partial charge >= 0.3 is 5.97 Å². The normalized spacial score (nSPS) is 16.7. The molecule has 0 spiro atoms. The average Bonchev–Trinajstić information content (AvgIpc) is 4.01. The van der Waals surface area contributed by atoms with E-state index in [-0.39, 0.29) is 5.91 Å². The summed E-state index contributed by atoms with van der Waals surface area (Å²) in [6.07, 6.45) is 2.45. The lowest BCUT2D eigenvalue weighted by atomic mass is 10.1. The second-order valence-corrected chi connectivity index (χ2v) is 11.4. The van der Waals surface area contributed by atoms with E-state index in [1.54, 1.807) is 42.3 Å². The summed E-state index contributed by atoms with van der Waals surface area (Å²) in [5, 5.41) is 3.85. The summed E-state index contributed by atoms with van der Waals surface area (Å²) in [5.74, 6) is 1.38. The molecule has 5 aromatic carbocycles. The fraction of sp³-hybridized carbons (Fsp3) is 0.243. The first-order chi connectivity index (χ1) is 22.0. The highest BCUT2D eigenvalue weighted by Crippen LogP contribution is 2.27. The lowest BCUT2D eigenvalue weighted by Crippen LogP contribution is -2.26. The number of rotatable bonds is 12. The summed E-state index contributed by atoms with van der Waals surface area (Å²) in [5.41, 5.74) is 1.70. The number of epoxide rings is 2. The van der Waals surface area contributed by atoms with Crippen molar-refractivity contribution in [2.75, 3.05) is 38.4 Å². The lowest BCUT2D eigenvalue weighted by molar-refractivity contribution is 0.0734. The molecule has 2 saturated heterocycles. The van der Waals surface area contributed by atoms with Gasteiger partial charge in [0.1, 0.15) is 17.2 Å². The van der Waals surface area contributed by atoms with Gasteiger partial charge in [-0.25, -0.2) is 4.79 Å². The molecule has 8 nitrogen and oxygen atoms in total. The Morgan fingerprint density at radius 1 is 0.644 bits per heavy atom. The molecule has 1 amide bonds. The third kappa shape index (κ3) is 7.09. The predicted molar refractivity (Wildman–Crippen MR) is 172 cm³/mol. The number of amides is 1. The smallest absolute Gasteiger partial charge is 0.343 e. The number of carbonyl (C=O) groups excluding carboxylic acids is 2. The van der Waals surface area contributed by atoms with Gasteiger partial charge < -0.3 is 28.6 Å². The number of esters is 1. The molecule has 2 aliphatic heterocycles. The van der Waals surface area contributed by atoms with Crippen LogP contribution in [0, 0.1) is 0 Å². The van der Waals surface area contributed by atoms with Crippen LogP contribution in [0.15, 0.2) is 97.1 Å². The van der Waals surface area contributed by atoms with Crippen LogP contribution in [0.4, 0.5) is 5.69 Å². The Morgan fingerprint density at radius 2 is 1.11 bits per heavy atom. The van der Waals surface area contributed by atoms with Gasteiger partial charge in [0.15, 0.2) is 0 Å². The number of hydrogen-bond donors (Lipinski definition) is 0. The Balaban J connectivity index is 0.958. The molecule has 2 aliphatic rings. The van der Waals surface area contributed by atoms with Crippen molar-refractivity contribution in [3.8, 4) is 17.2 Å². The molecule has 8 heteroatoms. The van der Waals surface area contributed by atoms with Crippen LogP contribution in [-0.2, 0) is 9.47 Å². The highest BCUT2D eigenvalue weighted by molar-refractivity contribution is 6.07. The summed E-state index contributed by atoms with van der Waals surface area (Å²) in [7, 11) is 1.72. The highest BCUT2D eigenvalue weighted by atomic mass is 16.6. The van der Waals surface area contributed by atoms with Crippen molar-refractivity contribution in [3.63, 3.8) is 0 Å². The van der Waals surface area contributed by atoms with Gasteiger partial charge in [-0.3, -0.25) is 4.79 Å². The van der Waals surface area contributed by atoms with E-state index < -0.39 is 5.97 Å². The molecule has 0 aliphatic carbocycles. The third-order valence-corrected chi connectivity index (χ3v) is 8.07. The van der Waals surface area contributed by atoms with Gasteiger partial charge in [0.05, 0.1) is 44.2 Å². The zero-order chi connectivity index (χ0) is 30.8. The number of benzene rings is 5. The van der Waals surface area contributed by atoms with Crippen molar-refractivity contribution in [2.45, 2.75) is 25.0 Å². The van der Waals surface area contributed by atoms with Gasteiger partial charge in [-0.1, -0.05) is 24.3 Å². The Labute approximate surface area is 261 Å². The van der Waals surface area contributed by atoms with Crippen LogP contribution in [-0.4, -0.2) is 57.6 Å². The number of hydrogen-bond acceptors (Lipinski definition) is 7. The van der Waals surface area contributed by atoms with Crippen LogP contribution in [0.5, 0.6) is 17.2 Å². The standard InChI is InChI=1S/C37H33NO7/c1-38(36(39)28-4-2-26-20-32(10-6-24(26)18-28)41-16-14-34-22-43-34)30-8-12-31(13-9-30)45-37(40)29-5-3-27-21-33(11-7-25(27)19-29)42-17-15-35-23-44-35/h2-13,18-21,34-35H,14-17,22-23H2,1H3. The van der Waals surface area contributed by atoms with E-state index in [4.69, 9.17) is 23.7 Å². The second kappa shape index (κ2) is 12.6. The predicted octanol–water partition coefficient (Wildman–Crippen LogP) is 6.82. The van der Waals surface area contributed by atoms with Gasteiger partial charge in [-0.2, -0.15) is 0 Å². The monoisotopic (exact) mass is 603 g/mol. The van der Waals surface area contributed by atoms with Crippen LogP contribution in [0.2, 0.25) is 0 Å². The molecule has 0 saturated carbocycles. The van der Waals surface area contributed by atoms with Gasteiger partial charge in [-0.05, 0) is 94.3 Å². The zero-order valence-electron chi connectivity index (χ0n) is 24.9. The number of carbonyl (C=O) groups is 2. The molecule has 0 N–H and O–H groups in total. The number of fused-ring (bicyclic) bond motifs is 2. The minimum Gasteiger partial charge on any atom is -0.493 e. The highest BCUT2D eigenvalue weighted by Gasteiger charge is 2.22. The lowest BCUT2D eigenvalue weighted by Gasteiger charge is -2.18. The van der Waals surface area contributed by atoms with E-state index in [0.29, 0.717) is 48.0 Å². The van der Waals surface area contributed by atoms with Crippen molar-refractivity contribution in [1.29, 1.82) is 0 Å². The summed E-state index contributed by atoms with van der Waals surface area (Å²) in [6.45, 7) is 2.88. The summed E-state index contributed by atoms with van der Waals surface area (Å²) in [4.78, 5) is 27.8. The van der Waals surface area contributed by atoms with Gasteiger partial charge in [0.25, 0.3) is 5.91 Å². The first-order valence-electron chi connectivity index (χ1n) is 15.2. The molecule has 2 fully saturated rings. The Bertz CT molecular complexity index is 1860. The molecular weight excluding hydrogens is 570 g/mol. The molecule has 7 rings (SSSR count). The third-order valence-electron chi connectivity index (χ3n) is 8.07. The van der Waals surface area contributed by atoms with Crippen LogP contribution in [0.3, 0.4) is 0 Å². The molecule has 5 aromatic rings. The zero-order valence-corrected chi connectivity index (χ0v) is 24.9. The molecule has 228 valence electrons. The fourth-order valence-electron chi connectivity index (χ4n) is 5.19. The first kappa shape index (κ1) is 28.8. The van der Waals surface area contributed by atoms with Crippen LogP contribution in [0.1, 0.15) is 33.6 Å². The Morgan fingerprint density at radius 3 is 1.67 bits per heavy atom. The Kier molecular flexibility index (Phi) is 8.07. The Hall–Kier alpha value is -4.92. The van der Waals surface area contributed by atoms with Crippen molar-refractivity contribution in [2.24, 2.45) is 0 Å². The first-order valence-corrected chi connectivity index (χ1v) is 15.2. The maximum absolute atomic E-state index is 13.3. The van der Waals surface area contributed by atoms with E-state index in [1.165, 1.54) is 0 Å². The fourth-order valence-corrected chi connectivity index (χ4v) is 5.19. The topological polar surface area (TPSA) is 90.1 Å². The minimum absolute atomic E-state index is 0.145. The minimum atomic E-state index is -0.458.